The molecule has 0 spiro atoms. The third kappa shape index (κ3) is 5.61. The van der Waals surface area contributed by atoms with Gasteiger partial charge in [0.25, 0.3) is 11.2 Å². The first-order valence-corrected chi connectivity index (χ1v) is 14.9. The topological polar surface area (TPSA) is 126 Å². The van der Waals surface area contributed by atoms with Crippen molar-refractivity contribution in [3.8, 4) is 17.1 Å². The molecule has 11 heteroatoms. The van der Waals surface area contributed by atoms with Gasteiger partial charge in [0.05, 0.1) is 46.0 Å². The number of nitro groups is 1. The van der Waals surface area contributed by atoms with E-state index in [-0.39, 0.29) is 23.4 Å². The summed E-state index contributed by atoms with van der Waals surface area (Å²) in [5, 5.41) is 11.7. The number of rotatable bonds is 8. The number of carbonyl (C=O) groups excluding carboxylic acids is 1. The SMILES string of the molecule is CCOC(=O)C1=C(c2ccccc2)N=c2s/c(=C\c3ccc(-c4ccc(C)cc4[N+](=O)[O-])o3)c(=O)n2[C@H]1c1ccc(OC)cc1. The molecule has 0 radical (unpaired) electrons. The second kappa shape index (κ2) is 12.2. The smallest absolute Gasteiger partial charge is 0.338 e. The van der Waals surface area contributed by atoms with E-state index in [0.717, 1.165) is 16.9 Å². The van der Waals surface area contributed by atoms with Crippen LogP contribution >= 0.6 is 11.3 Å². The molecule has 1 aliphatic rings. The predicted molar refractivity (Wildman–Crippen MR) is 170 cm³/mol. The van der Waals surface area contributed by atoms with E-state index in [2.05, 4.69) is 0 Å². The molecule has 1 aliphatic heterocycles. The monoisotopic (exact) mass is 621 g/mol. The number of furan rings is 1. The number of hydrogen-bond acceptors (Lipinski definition) is 9. The number of hydrogen-bond donors (Lipinski definition) is 0. The zero-order valence-corrected chi connectivity index (χ0v) is 25.4. The van der Waals surface area contributed by atoms with E-state index >= 15 is 0 Å². The van der Waals surface area contributed by atoms with E-state index in [1.807, 2.05) is 30.3 Å². The molecular formula is C34H27N3O7S. The first-order chi connectivity index (χ1) is 21.8. The Morgan fingerprint density at radius 3 is 2.53 bits per heavy atom. The van der Waals surface area contributed by atoms with Gasteiger partial charge in [-0.25, -0.2) is 9.79 Å². The Hall–Kier alpha value is -5.55. The standard InChI is InChI=1S/C34H27N3O7S/c1-4-43-33(39)29-30(21-8-6-5-7-9-21)35-34-36(31(29)22-11-13-23(42-3)14-12-22)32(38)28(45-34)19-24-15-17-27(44-24)25-16-10-20(2)18-26(25)37(40)41/h5-19,31H,4H2,1-3H3/b28-19-/t31-/m0/s1. The lowest BCUT2D eigenvalue weighted by molar-refractivity contribution is -0.384. The Balaban J connectivity index is 1.55. The van der Waals surface area contributed by atoms with Crippen molar-refractivity contribution < 1.29 is 23.6 Å². The summed E-state index contributed by atoms with van der Waals surface area (Å²) >= 11 is 1.15. The lowest BCUT2D eigenvalue weighted by Crippen LogP contribution is -2.40. The van der Waals surface area contributed by atoms with E-state index in [0.29, 0.717) is 49.0 Å². The summed E-state index contributed by atoms with van der Waals surface area (Å²) in [4.78, 5) is 44.2. The molecule has 6 rings (SSSR count). The third-order valence-corrected chi connectivity index (χ3v) is 8.30. The molecule has 0 bridgehead atoms. The zero-order chi connectivity index (χ0) is 31.7. The predicted octanol–water partition coefficient (Wildman–Crippen LogP) is 5.42. The van der Waals surface area contributed by atoms with Crippen LogP contribution in [0.1, 0.15) is 35.4 Å². The zero-order valence-electron chi connectivity index (χ0n) is 24.6. The summed E-state index contributed by atoms with van der Waals surface area (Å²) in [6.07, 6.45) is 1.58. The number of aromatic nitrogens is 1. The fourth-order valence-electron chi connectivity index (χ4n) is 5.25. The van der Waals surface area contributed by atoms with Gasteiger partial charge in [-0.15, -0.1) is 0 Å². The van der Waals surface area contributed by atoms with Crippen molar-refractivity contribution >= 4 is 34.8 Å². The summed E-state index contributed by atoms with van der Waals surface area (Å²) in [6, 6.07) is 23.8. The van der Waals surface area contributed by atoms with Crippen LogP contribution in [0.3, 0.4) is 0 Å². The number of nitro benzene ring substituents is 1. The van der Waals surface area contributed by atoms with Gasteiger partial charge in [-0.1, -0.05) is 59.9 Å². The summed E-state index contributed by atoms with van der Waals surface area (Å²) in [7, 11) is 1.56. The highest BCUT2D eigenvalue weighted by atomic mass is 32.1. The van der Waals surface area contributed by atoms with Crippen molar-refractivity contribution in [2.24, 2.45) is 4.99 Å². The second-order valence-electron chi connectivity index (χ2n) is 10.2. The molecule has 0 N–H and O–H groups in total. The number of nitrogens with zero attached hydrogens (tertiary/aromatic N) is 3. The third-order valence-electron chi connectivity index (χ3n) is 7.32. The number of aryl methyl sites for hydroxylation is 1. The molecule has 0 aliphatic carbocycles. The van der Waals surface area contributed by atoms with Gasteiger partial charge < -0.3 is 13.9 Å². The molecule has 3 aromatic carbocycles. The molecule has 45 heavy (non-hydrogen) atoms. The number of fused-ring (bicyclic) bond motifs is 1. The maximum Gasteiger partial charge on any atom is 0.338 e. The highest BCUT2D eigenvalue weighted by molar-refractivity contribution is 7.07. The molecule has 1 atom stereocenters. The molecule has 3 heterocycles. The van der Waals surface area contributed by atoms with Gasteiger partial charge in [0.2, 0.25) is 0 Å². The molecule has 0 saturated carbocycles. The lowest BCUT2D eigenvalue weighted by Gasteiger charge is -2.26. The van der Waals surface area contributed by atoms with Crippen LogP contribution in [-0.2, 0) is 9.53 Å². The van der Waals surface area contributed by atoms with Crippen molar-refractivity contribution in [2.75, 3.05) is 13.7 Å². The van der Waals surface area contributed by atoms with Crippen LogP contribution in [0, 0.1) is 17.0 Å². The summed E-state index contributed by atoms with van der Waals surface area (Å²) in [5.41, 5.74) is 2.64. The molecule has 10 nitrogen and oxygen atoms in total. The number of ether oxygens (including phenoxy) is 2. The average Bonchev–Trinajstić information content (AvgIpc) is 3.64. The largest absolute Gasteiger partial charge is 0.497 e. The van der Waals surface area contributed by atoms with Gasteiger partial charge in [-0.3, -0.25) is 19.5 Å². The second-order valence-corrected chi connectivity index (χ2v) is 11.2. The Morgan fingerprint density at radius 2 is 1.84 bits per heavy atom. The first-order valence-electron chi connectivity index (χ1n) is 14.1. The van der Waals surface area contributed by atoms with E-state index < -0.39 is 16.9 Å². The van der Waals surface area contributed by atoms with Crippen LogP contribution in [0.15, 0.2) is 105 Å². The molecule has 0 amide bonds. The van der Waals surface area contributed by atoms with Crippen molar-refractivity contribution in [3.63, 3.8) is 0 Å². The van der Waals surface area contributed by atoms with E-state index in [1.165, 1.54) is 10.6 Å². The molecular weight excluding hydrogens is 594 g/mol. The summed E-state index contributed by atoms with van der Waals surface area (Å²) in [5.74, 6) is 0.677. The van der Waals surface area contributed by atoms with Gasteiger partial charge in [0.1, 0.15) is 17.3 Å². The van der Waals surface area contributed by atoms with Crippen molar-refractivity contribution in [1.82, 2.24) is 4.57 Å². The number of benzene rings is 3. The quantitative estimate of drug-likeness (QED) is 0.129. The van der Waals surface area contributed by atoms with Crippen molar-refractivity contribution in [2.45, 2.75) is 19.9 Å². The van der Waals surface area contributed by atoms with Gasteiger partial charge in [0.15, 0.2) is 4.80 Å². The Bertz CT molecular complexity index is 2140. The molecule has 0 saturated heterocycles. The maximum atomic E-state index is 14.1. The number of esters is 1. The van der Waals surface area contributed by atoms with Gasteiger partial charge in [-0.05, 0) is 55.3 Å². The van der Waals surface area contributed by atoms with Crippen LogP contribution in [0.5, 0.6) is 5.75 Å². The molecule has 0 fully saturated rings. The molecule has 2 aromatic heterocycles. The van der Waals surface area contributed by atoms with Crippen LogP contribution in [0.25, 0.3) is 23.1 Å². The Morgan fingerprint density at radius 1 is 1.09 bits per heavy atom. The van der Waals surface area contributed by atoms with Crippen LogP contribution in [0.2, 0.25) is 0 Å². The van der Waals surface area contributed by atoms with Crippen LogP contribution < -0.4 is 19.6 Å². The number of thiazole rings is 1. The number of methoxy groups -OCH3 is 1. The molecule has 226 valence electrons. The minimum atomic E-state index is -0.842. The Labute approximate surface area is 261 Å². The van der Waals surface area contributed by atoms with Crippen LogP contribution in [-0.4, -0.2) is 29.2 Å². The molecule has 0 unspecified atom stereocenters. The number of carbonyl (C=O) groups is 1. The highest BCUT2D eigenvalue weighted by Crippen LogP contribution is 2.36. The van der Waals surface area contributed by atoms with Gasteiger partial charge >= 0.3 is 5.97 Å². The normalized spacial score (nSPS) is 14.6. The Kier molecular flexibility index (Phi) is 8.01. The van der Waals surface area contributed by atoms with Crippen molar-refractivity contribution in [1.29, 1.82) is 0 Å². The highest BCUT2D eigenvalue weighted by Gasteiger charge is 2.35. The fourth-order valence-corrected chi connectivity index (χ4v) is 6.23. The minimum Gasteiger partial charge on any atom is -0.497 e. The maximum absolute atomic E-state index is 14.1. The summed E-state index contributed by atoms with van der Waals surface area (Å²) in [6.45, 7) is 3.64. The average molecular weight is 622 g/mol. The van der Waals surface area contributed by atoms with E-state index in [1.54, 1.807) is 75.6 Å². The van der Waals surface area contributed by atoms with Crippen LogP contribution in [0.4, 0.5) is 5.69 Å². The van der Waals surface area contributed by atoms with Crippen molar-refractivity contribution in [3.05, 3.63) is 143 Å². The minimum absolute atomic E-state index is 0.0744. The van der Waals surface area contributed by atoms with Gasteiger partial charge in [0, 0.05) is 17.7 Å². The first kappa shape index (κ1) is 29.5. The van der Waals surface area contributed by atoms with E-state index in [9.17, 15) is 19.7 Å². The lowest BCUT2D eigenvalue weighted by atomic mass is 9.93. The fraction of sp³-hybridized carbons (Fsp3) is 0.147. The molecule has 5 aromatic rings. The van der Waals surface area contributed by atoms with E-state index in [4.69, 9.17) is 18.9 Å². The summed E-state index contributed by atoms with van der Waals surface area (Å²) < 4.78 is 18.6. The van der Waals surface area contributed by atoms with Gasteiger partial charge in [-0.2, -0.15) is 0 Å².